The van der Waals surface area contributed by atoms with Gasteiger partial charge in [-0.05, 0) is 50.5 Å². The van der Waals surface area contributed by atoms with Crippen LogP contribution in [0.5, 0.6) is 0 Å². The van der Waals surface area contributed by atoms with Gasteiger partial charge in [0.2, 0.25) is 5.95 Å². The standard InChI is InChI=1S/C24H32N6O3S/c1-12-17(21-28-18-13(2)25-8-6-16(18)34-21)20(30-24(33)7-5-14(11-31)19(24)32)29-22(27-12)26-10-15-9-23(15,3)4/h6,8,14-15,19,31-33H,5,7,9-11H2,1-4H3,(H2,26,27,29,30). The van der Waals surface area contributed by atoms with Crippen molar-refractivity contribution in [3.05, 3.63) is 23.7 Å². The Morgan fingerprint density at radius 2 is 1.94 bits per heavy atom. The molecule has 34 heavy (non-hydrogen) atoms. The summed E-state index contributed by atoms with van der Waals surface area (Å²) in [4.78, 5) is 18.6. The molecule has 2 fully saturated rings. The predicted molar refractivity (Wildman–Crippen MR) is 133 cm³/mol. The molecule has 0 bridgehead atoms. The van der Waals surface area contributed by atoms with Crippen molar-refractivity contribution >= 4 is 33.3 Å². The molecule has 0 aromatic carbocycles. The van der Waals surface area contributed by atoms with Crippen LogP contribution in [-0.4, -0.2) is 60.2 Å². The lowest BCUT2D eigenvalue weighted by Crippen LogP contribution is -2.48. The smallest absolute Gasteiger partial charge is 0.224 e. The number of anilines is 2. The van der Waals surface area contributed by atoms with Gasteiger partial charge < -0.3 is 26.0 Å². The first-order chi connectivity index (χ1) is 16.1. The molecule has 5 rings (SSSR count). The average molecular weight is 485 g/mol. The number of aromatic nitrogens is 4. The number of pyridine rings is 1. The van der Waals surface area contributed by atoms with Crippen LogP contribution in [0.1, 0.15) is 44.5 Å². The highest BCUT2D eigenvalue weighted by Gasteiger charge is 2.47. The Labute approximate surface area is 202 Å². The van der Waals surface area contributed by atoms with Gasteiger partial charge >= 0.3 is 0 Å². The number of nitrogens with one attached hydrogen (secondary N) is 2. The number of aliphatic hydroxyl groups is 3. The molecule has 3 heterocycles. The second-order valence-electron chi connectivity index (χ2n) is 10.4. The molecule has 3 aromatic rings. The van der Waals surface area contributed by atoms with Gasteiger partial charge in [0.15, 0.2) is 5.72 Å². The van der Waals surface area contributed by atoms with E-state index in [1.54, 1.807) is 6.20 Å². The number of thiazole rings is 1. The van der Waals surface area contributed by atoms with Gasteiger partial charge in [-0.2, -0.15) is 4.98 Å². The van der Waals surface area contributed by atoms with Crippen LogP contribution in [0, 0.1) is 31.1 Å². The van der Waals surface area contributed by atoms with Gasteiger partial charge in [0, 0.05) is 25.3 Å². The molecule has 0 saturated heterocycles. The minimum atomic E-state index is -1.60. The Hall–Kier alpha value is -2.40. The largest absolute Gasteiger partial charge is 0.396 e. The zero-order chi connectivity index (χ0) is 24.3. The molecule has 182 valence electrons. The third-order valence-electron chi connectivity index (χ3n) is 7.42. The molecule has 0 amide bonds. The summed E-state index contributed by atoms with van der Waals surface area (Å²) >= 11 is 1.51. The van der Waals surface area contributed by atoms with Crippen molar-refractivity contribution in [2.24, 2.45) is 17.3 Å². The van der Waals surface area contributed by atoms with Gasteiger partial charge in [0.1, 0.15) is 22.4 Å². The van der Waals surface area contributed by atoms with Crippen molar-refractivity contribution in [1.82, 2.24) is 19.9 Å². The molecule has 9 nitrogen and oxygen atoms in total. The molecule has 2 saturated carbocycles. The maximum Gasteiger partial charge on any atom is 0.224 e. The normalized spacial score (nSPS) is 27.8. The Morgan fingerprint density at radius 1 is 1.18 bits per heavy atom. The fourth-order valence-electron chi connectivity index (χ4n) is 4.86. The molecule has 10 heteroatoms. The van der Waals surface area contributed by atoms with E-state index >= 15 is 0 Å². The number of hydrogen-bond donors (Lipinski definition) is 5. The second kappa shape index (κ2) is 8.37. The lowest BCUT2D eigenvalue weighted by molar-refractivity contribution is -0.0545. The van der Waals surface area contributed by atoms with E-state index in [1.807, 2.05) is 19.9 Å². The molecule has 0 radical (unpaired) electrons. The van der Waals surface area contributed by atoms with E-state index in [9.17, 15) is 15.3 Å². The molecule has 2 aliphatic rings. The van der Waals surface area contributed by atoms with E-state index in [0.29, 0.717) is 41.5 Å². The number of nitrogens with zero attached hydrogens (tertiary/aromatic N) is 4. The van der Waals surface area contributed by atoms with Crippen molar-refractivity contribution < 1.29 is 15.3 Å². The summed E-state index contributed by atoms with van der Waals surface area (Å²) < 4.78 is 1.01. The minimum Gasteiger partial charge on any atom is -0.396 e. The van der Waals surface area contributed by atoms with Crippen molar-refractivity contribution in [3.8, 4) is 10.6 Å². The third-order valence-corrected chi connectivity index (χ3v) is 8.46. The molecule has 5 N–H and O–H groups in total. The summed E-state index contributed by atoms with van der Waals surface area (Å²) in [5.74, 6) is 1.06. The van der Waals surface area contributed by atoms with E-state index in [4.69, 9.17) is 15.0 Å². The van der Waals surface area contributed by atoms with Crippen LogP contribution >= 0.6 is 11.3 Å². The van der Waals surface area contributed by atoms with Crippen LogP contribution in [0.25, 0.3) is 20.8 Å². The zero-order valence-electron chi connectivity index (χ0n) is 20.0. The first-order valence-corrected chi connectivity index (χ1v) is 12.6. The van der Waals surface area contributed by atoms with Gasteiger partial charge in [-0.25, -0.2) is 9.97 Å². The van der Waals surface area contributed by atoms with Crippen LogP contribution in [0.2, 0.25) is 0 Å². The van der Waals surface area contributed by atoms with Gasteiger partial charge in [-0.3, -0.25) is 4.98 Å². The average Bonchev–Trinajstić information content (AvgIpc) is 3.07. The monoisotopic (exact) mass is 484 g/mol. The summed E-state index contributed by atoms with van der Waals surface area (Å²) in [6.45, 7) is 8.91. The molecular weight excluding hydrogens is 452 g/mol. The Kier molecular flexibility index (Phi) is 5.75. The summed E-state index contributed by atoms with van der Waals surface area (Å²) in [6.07, 6.45) is 2.61. The van der Waals surface area contributed by atoms with Crippen LogP contribution in [0.4, 0.5) is 11.8 Å². The molecule has 0 spiro atoms. The Balaban J connectivity index is 1.54. The zero-order valence-corrected chi connectivity index (χ0v) is 20.8. The highest BCUT2D eigenvalue weighted by Crippen LogP contribution is 2.51. The summed E-state index contributed by atoms with van der Waals surface area (Å²) in [5, 5.41) is 38.7. The minimum absolute atomic E-state index is 0.186. The van der Waals surface area contributed by atoms with E-state index in [-0.39, 0.29) is 6.61 Å². The van der Waals surface area contributed by atoms with Gasteiger partial charge in [-0.1, -0.05) is 13.8 Å². The topological polar surface area (TPSA) is 136 Å². The molecule has 2 aliphatic carbocycles. The van der Waals surface area contributed by atoms with Crippen molar-refractivity contribution in [2.75, 3.05) is 23.8 Å². The first-order valence-electron chi connectivity index (χ1n) is 11.8. The number of aliphatic hydroxyl groups excluding tert-OH is 2. The molecular formula is C24H32N6O3S. The van der Waals surface area contributed by atoms with Gasteiger partial charge in [0.05, 0.1) is 21.7 Å². The summed E-state index contributed by atoms with van der Waals surface area (Å²) in [6, 6.07) is 1.93. The number of hydrogen-bond acceptors (Lipinski definition) is 10. The van der Waals surface area contributed by atoms with Crippen molar-refractivity contribution in [1.29, 1.82) is 0 Å². The maximum absolute atomic E-state index is 11.3. The lowest BCUT2D eigenvalue weighted by Gasteiger charge is -2.31. The Morgan fingerprint density at radius 3 is 2.59 bits per heavy atom. The van der Waals surface area contributed by atoms with Gasteiger partial charge in [-0.15, -0.1) is 11.3 Å². The fourth-order valence-corrected chi connectivity index (χ4v) is 5.97. The Bertz CT molecular complexity index is 1230. The molecule has 4 atom stereocenters. The number of fused-ring (bicyclic) bond motifs is 1. The van der Waals surface area contributed by atoms with E-state index in [2.05, 4.69) is 29.5 Å². The van der Waals surface area contributed by atoms with E-state index in [1.165, 1.54) is 11.3 Å². The van der Waals surface area contributed by atoms with E-state index in [0.717, 1.165) is 39.6 Å². The highest BCUT2D eigenvalue weighted by atomic mass is 32.1. The fraction of sp³-hybridized carbons (Fsp3) is 0.583. The lowest BCUT2D eigenvalue weighted by atomic mass is 10.0. The van der Waals surface area contributed by atoms with Crippen molar-refractivity contribution in [2.45, 2.75) is 58.8 Å². The van der Waals surface area contributed by atoms with Crippen LogP contribution in [0.15, 0.2) is 12.3 Å². The van der Waals surface area contributed by atoms with Crippen LogP contribution < -0.4 is 10.6 Å². The maximum atomic E-state index is 11.3. The predicted octanol–water partition coefficient (Wildman–Crippen LogP) is 3.09. The van der Waals surface area contributed by atoms with Crippen LogP contribution in [-0.2, 0) is 0 Å². The number of rotatable bonds is 7. The first kappa shape index (κ1) is 23.3. The third kappa shape index (κ3) is 4.13. The quantitative estimate of drug-likeness (QED) is 0.320. The molecule has 0 aliphatic heterocycles. The summed E-state index contributed by atoms with van der Waals surface area (Å²) in [7, 11) is 0. The number of aryl methyl sites for hydroxylation is 2. The summed E-state index contributed by atoms with van der Waals surface area (Å²) in [5.41, 5.74) is 1.80. The second-order valence-corrected chi connectivity index (χ2v) is 11.4. The SMILES string of the molecule is Cc1nc(NCC2CC2(C)C)nc(NC2(O)CCC(CO)C2O)c1-c1nc2c(C)nccc2s1. The van der Waals surface area contributed by atoms with Crippen LogP contribution in [0.3, 0.4) is 0 Å². The molecule has 3 aromatic heterocycles. The highest BCUT2D eigenvalue weighted by molar-refractivity contribution is 7.21. The molecule has 4 unspecified atom stereocenters. The van der Waals surface area contributed by atoms with E-state index < -0.39 is 17.7 Å². The van der Waals surface area contributed by atoms with Gasteiger partial charge in [0.25, 0.3) is 0 Å². The van der Waals surface area contributed by atoms with Crippen molar-refractivity contribution in [3.63, 3.8) is 0 Å².